The minimum Gasteiger partial charge on any atom is -0.463 e. The van der Waals surface area contributed by atoms with Crippen LogP contribution in [-0.2, 0) is 11.3 Å². The van der Waals surface area contributed by atoms with Crippen LogP contribution in [0.2, 0.25) is 0 Å². The van der Waals surface area contributed by atoms with Crippen molar-refractivity contribution in [3.8, 4) is 11.5 Å². The first kappa shape index (κ1) is 21.9. The van der Waals surface area contributed by atoms with Crippen LogP contribution in [0.25, 0.3) is 22.5 Å². The molecule has 0 saturated carbocycles. The number of carbonyl (C=O) groups excluding carboxylic acids is 2. The van der Waals surface area contributed by atoms with Gasteiger partial charge in [-0.2, -0.15) is 5.10 Å². The number of rotatable bonds is 6. The number of hydrogen-bond donors (Lipinski definition) is 1. The fourth-order valence-corrected chi connectivity index (χ4v) is 4.33. The number of amides is 2. The Hall–Kier alpha value is -3.94. The second kappa shape index (κ2) is 9.13. The zero-order valence-electron chi connectivity index (χ0n) is 19.3. The molecule has 8 heteroatoms. The number of aromatic nitrogens is 3. The minimum atomic E-state index is -0.219. The first-order valence-corrected chi connectivity index (χ1v) is 11.6. The number of anilines is 1. The van der Waals surface area contributed by atoms with Crippen molar-refractivity contribution in [3.63, 3.8) is 0 Å². The molecule has 1 N–H and O–H groups in total. The van der Waals surface area contributed by atoms with Gasteiger partial charge in [-0.05, 0) is 62.6 Å². The molecule has 1 aromatic carbocycles. The lowest BCUT2D eigenvalue weighted by molar-refractivity contribution is -0.119. The van der Waals surface area contributed by atoms with Crippen molar-refractivity contribution >= 4 is 28.5 Å². The van der Waals surface area contributed by atoms with Gasteiger partial charge in [-0.15, -0.1) is 0 Å². The molecule has 4 heterocycles. The van der Waals surface area contributed by atoms with Crippen LogP contribution in [0.3, 0.4) is 0 Å². The van der Waals surface area contributed by atoms with Crippen LogP contribution in [0.5, 0.6) is 0 Å². The number of pyridine rings is 1. The van der Waals surface area contributed by atoms with Crippen LogP contribution in [0.15, 0.2) is 59.3 Å². The van der Waals surface area contributed by atoms with Crippen molar-refractivity contribution in [2.45, 2.75) is 45.7 Å². The van der Waals surface area contributed by atoms with E-state index in [0.29, 0.717) is 41.0 Å². The Morgan fingerprint density at radius 1 is 1.18 bits per heavy atom. The molecule has 8 nitrogen and oxygen atoms in total. The van der Waals surface area contributed by atoms with E-state index in [1.165, 1.54) is 0 Å². The molecule has 174 valence electrons. The molecule has 0 radical (unpaired) electrons. The average molecular weight is 458 g/mol. The molecule has 0 aliphatic carbocycles. The lowest BCUT2D eigenvalue weighted by Crippen LogP contribution is -2.35. The lowest BCUT2D eigenvalue weighted by atomic mass is 10.1. The zero-order valence-corrected chi connectivity index (χ0v) is 19.3. The van der Waals surface area contributed by atoms with Crippen LogP contribution in [0, 0.1) is 0 Å². The van der Waals surface area contributed by atoms with Crippen molar-refractivity contribution in [1.29, 1.82) is 0 Å². The van der Waals surface area contributed by atoms with E-state index in [2.05, 4.69) is 10.4 Å². The summed E-state index contributed by atoms with van der Waals surface area (Å²) in [5.74, 6) is 0.522. The molecule has 2 amide bonds. The van der Waals surface area contributed by atoms with Gasteiger partial charge in [0.05, 0.1) is 23.4 Å². The second-order valence-electron chi connectivity index (χ2n) is 8.81. The van der Waals surface area contributed by atoms with Gasteiger partial charge < -0.3 is 14.6 Å². The number of hydrogen-bond acceptors (Lipinski definition) is 5. The summed E-state index contributed by atoms with van der Waals surface area (Å²) in [7, 11) is 0. The van der Waals surface area contributed by atoms with E-state index in [1.54, 1.807) is 29.3 Å². The van der Waals surface area contributed by atoms with E-state index in [4.69, 9.17) is 9.40 Å². The van der Waals surface area contributed by atoms with Gasteiger partial charge in [0.15, 0.2) is 11.4 Å². The fraction of sp³-hybridized carbons (Fsp3) is 0.308. The highest BCUT2D eigenvalue weighted by atomic mass is 16.3. The second-order valence-corrected chi connectivity index (χ2v) is 8.81. The van der Waals surface area contributed by atoms with E-state index < -0.39 is 0 Å². The maximum atomic E-state index is 13.3. The highest BCUT2D eigenvalue weighted by molar-refractivity contribution is 6.06. The Bertz CT molecular complexity index is 1340. The molecular weight excluding hydrogens is 430 g/mol. The number of piperidine rings is 1. The Morgan fingerprint density at radius 2 is 2.06 bits per heavy atom. The maximum absolute atomic E-state index is 13.3. The van der Waals surface area contributed by atoms with Gasteiger partial charge >= 0.3 is 0 Å². The molecule has 1 fully saturated rings. The number of fused-ring (bicyclic) bond motifs is 1. The van der Waals surface area contributed by atoms with E-state index in [-0.39, 0.29) is 17.9 Å². The van der Waals surface area contributed by atoms with Crippen molar-refractivity contribution in [3.05, 3.63) is 66.1 Å². The number of benzene rings is 1. The third-order valence-electron chi connectivity index (χ3n) is 6.07. The summed E-state index contributed by atoms with van der Waals surface area (Å²) >= 11 is 0. The smallest absolute Gasteiger partial charge is 0.252 e. The molecule has 0 spiro atoms. The van der Waals surface area contributed by atoms with E-state index >= 15 is 0 Å². The van der Waals surface area contributed by atoms with Crippen LogP contribution in [0.4, 0.5) is 5.69 Å². The average Bonchev–Trinajstić information content (AvgIpc) is 3.53. The third-order valence-corrected chi connectivity index (χ3v) is 6.07. The van der Waals surface area contributed by atoms with Gasteiger partial charge in [-0.25, -0.2) is 9.67 Å². The molecule has 0 bridgehead atoms. The standard InChI is InChI=1S/C26H27N5O3/c1-17(2)31-25-21(16-28-31)20(14-22(29-25)23-9-6-12-34-23)26(33)27-15-18-7-5-8-19(13-18)30-11-4-3-10-24(30)32/h5-9,12-14,16-17H,3-4,10-11,15H2,1-2H3,(H,27,33). The summed E-state index contributed by atoms with van der Waals surface area (Å²) in [6, 6.07) is 13.2. The largest absolute Gasteiger partial charge is 0.463 e. The number of furan rings is 1. The summed E-state index contributed by atoms with van der Waals surface area (Å²) in [6.07, 6.45) is 5.80. The Labute approximate surface area is 197 Å². The van der Waals surface area contributed by atoms with Gasteiger partial charge in [-0.1, -0.05) is 12.1 Å². The molecule has 1 aliphatic rings. The van der Waals surface area contributed by atoms with Crippen LogP contribution >= 0.6 is 0 Å². The van der Waals surface area contributed by atoms with Gasteiger partial charge in [0.2, 0.25) is 5.91 Å². The topological polar surface area (TPSA) is 93.3 Å². The number of carbonyl (C=O) groups is 2. The van der Waals surface area contributed by atoms with Crippen molar-refractivity contribution < 1.29 is 14.0 Å². The molecule has 3 aromatic heterocycles. The monoisotopic (exact) mass is 457 g/mol. The van der Waals surface area contributed by atoms with Gasteiger partial charge in [0.25, 0.3) is 5.91 Å². The molecular formula is C26H27N5O3. The molecule has 0 atom stereocenters. The fourth-order valence-electron chi connectivity index (χ4n) is 4.33. The quantitative estimate of drug-likeness (QED) is 0.452. The van der Waals surface area contributed by atoms with E-state index in [1.807, 2.05) is 49.1 Å². The van der Waals surface area contributed by atoms with Crippen LogP contribution in [-0.4, -0.2) is 33.1 Å². The predicted molar refractivity (Wildman–Crippen MR) is 129 cm³/mol. The Balaban J connectivity index is 1.42. The number of nitrogens with one attached hydrogen (secondary N) is 1. The van der Waals surface area contributed by atoms with Crippen molar-refractivity contribution in [2.75, 3.05) is 11.4 Å². The summed E-state index contributed by atoms with van der Waals surface area (Å²) in [5, 5.41) is 8.17. The Kier molecular flexibility index (Phi) is 5.88. The van der Waals surface area contributed by atoms with Gasteiger partial charge in [0.1, 0.15) is 5.69 Å². The Morgan fingerprint density at radius 3 is 2.82 bits per heavy atom. The molecule has 0 unspecified atom stereocenters. The highest BCUT2D eigenvalue weighted by Crippen LogP contribution is 2.27. The molecule has 5 rings (SSSR count). The zero-order chi connectivity index (χ0) is 23.7. The third kappa shape index (κ3) is 4.19. The lowest BCUT2D eigenvalue weighted by Gasteiger charge is -2.27. The summed E-state index contributed by atoms with van der Waals surface area (Å²) in [5.41, 5.74) is 3.51. The summed E-state index contributed by atoms with van der Waals surface area (Å²) in [6.45, 7) is 5.12. The van der Waals surface area contributed by atoms with E-state index in [0.717, 1.165) is 30.6 Å². The number of nitrogens with zero attached hydrogens (tertiary/aromatic N) is 4. The molecule has 34 heavy (non-hydrogen) atoms. The normalized spacial score (nSPS) is 14.2. The molecule has 4 aromatic rings. The molecule has 1 saturated heterocycles. The molecule has 1 aliphatic heterocycles. The minimum absolute atomic E-state index is 0.0907. The van der Waals surface area contributed by atoms with E-state index in [9.17, 15) is 9.59 Å². The highest BCUT2D eigenvalue weighted by Gasteiger charge is 2.21. The first-order chi connectivity index (χ1) is 16.5. The summed E-state index contributed by atoms with van der Waals surface area (Å²) < 4.78 is 7.34. The predicted octanol–water partition coefficient (Wildman–Crippen LogP) is 4.72. The first-order valence-electron chi connectivity index (χ1n) is 11.6. The van der Waals surface area contributed by atoms with Crippen LogP contribution < -0.4 is 10.2 Å². The van der Waals surface area contributed by atoms with Crippen molar-refractivity contribution in [1.82, 2.24) is 20.1 Å². The SMILES string of the molecule is CC(C)n1ncc2c(C(=O)NCc3cccc(N4CCCCC4=O)c3)cc(-c3ccco3)nc21. The van der Waals surface area contributed by atoms with Crippen molar-refractivity contribution in [2.24, 2.45) is 0 Å². The van der Waals surface area contributed by atoms with Gasteiger partial charge in [0, 0.05) is 31.2 Å². The summed E-state index contributed by atoms with van der Waals surface area (Å²) in [4.78, 5) is 32.1. The maximum Gasteiger partial charge on any atom is 0.252 e. The van der Waals surface area contributed by atoms with Crippen LogP contribution in [0.1, 0.15) is 55.1 Å². The van der Waals surface area contributed by atoms with Gasteiger partial charge in [-0.3, -0.25) is 9.59 Å².